The molecule has 2 aromatic carbocycles. The lowest BCUT2D eigenvalue weighted by atomic mass is 9.91. The van der Waals surface area contributed by atoms with Crippen molar-refractivity contribution in [2.45, 2.75) is 63.7 Å². The fourth-order valence-corrected chi connectivity index (χ4v) is 5.50. The Bertz CT molecular complexity index is 1660. The van der Waals surface area contributed by atoms with Gasteiger partial charge in [0, 0.05) is 18.9 Å². The normalized spacial score (nSPS) is 20.7. The molecular formula is C32H38N8O5. The van der Waals surface area contributed by atoms with Crippen LogP contribution in [-0.2, 0) is 11.2 Å². The molecule has 0 aliphatic carbocycles. The molecule has 0 bridgehead atoms. The lowest BCUT2D eigenvalue weighted by Gasteiger charge is -2.22. The molecule has 0 spiro atoms. The van der Waals surface area contributed by atoms with Crippen LogP contribution in [0.25, 0.3) is 11.2 Å². The lowest BCUT2D eigenvalue weighted by molar-refractivity contribution is -0.0451. The molecule has 5 atom stereocenters. The Morgan fingerprint density at radius 1 is 0.933 bits per heavy atom. The van der Waals surface area contributed by atoms with Gasteiger partial charge in [0.1, 0.15) is 12.2 Å². The number of nitrogens with one attached hydrogen (secondary N) is 2. The molecule has 1 fully saturated rings. The van der Waals surface area contributed by atoms with Crippen molar-refractivity contribution in [2.75, 3.05) is 23.8 Å². The molecular weight excluding hydrogens is 576 g/mol. The first-order valence-corrected chi connectivity index (χ1v) is 15.2. The van der Waals surface area contributed by atoms with Crippen LogP contribution in [0.5, 0.6) is 0 Å². The smallest absolute Gasteiger partial charge is 0.258 e. The molecule has 236 valence electrons. The van der Waals surface area contributed by atoms with Crippen LogP contribution in [-0.4, -0.2) is 76.4 Å². The topological polar surface area (TPSA) is 176 Å². The number of fused-ring (bicyclic) bond motifs is 1. The third-order valence-corrected chi connectivity index (χ3v) is 8.17. The number of aryl methyl sites for hydroxylation is 1. The third kappa shape index (κ3) is 6.25. The summed E-state index contributed by atoms with van der Waals surface area (Å²) in [5.41, 5.74) is 3.09. The Balaban J connectivity index is 1.37. The number of rotatable bonds is 12. The van der Waals surface area contributed by atoms with Crippen LogP contribution < -0.4 is 10.6 Å². The van der Waals surface area contributed by atoms with Gasteiger partial charge in [0.05, 0.1) is 19.0 Å². The van der Waals surface area contributed by atoms with Crippen molar-refractivity contribution in [1.82, 2.24) is 29.7 Å². The van der Waals surface area contributed by atoms with Gasteiger partial charge in [-0.2, -0.15) is 15.0 Å². The predicted molar refractivity (Wildman–Crippen MR) is 166 cm³/mol. The fraction of sp³-hybridized carbons (Fsp3) is 0.406. The Morgan fingerprint density at radius 2 is 1.62 bits per heavy atom. The second-order valence-corrected chi connectivity index (χ2v) is 11.5. The number of aliphatic hydroxyl groups excluding tert-OH is 3. The molecule has 1 aliphatic rings. The molecule has 0 saturated carbocycles. The van der Waals surface area contributed by atoms with E-state index < -0.39 is 24.5 Å². The quantitative estimate of drug-likeness (QED) is 0.139. The van der Waals surface area contributed by atoms with E-state index in [1.165, 1.54) is 6.33 Å². The molecule has 0 amide bonds. The zero-order valence-electron chi connectivity index (χ0n) is 25.4. The Labute approximate surface area is 260 Å². The van der Waals surface area contributed by atoms with Crippen LogP contribution in [0, 0.1) is 5.92 Å². The number of aromatic nitrogens is 6. The third-order valence-electron chi connectivity index (χ3n) is 8.17. The second-order valence-electron chi connectivity index (χ2n) is 11.5. The number of ether oxygens (including phenoxy) is 1. The molecule has 0 radical (unpaired) electrons. The van der Waals surface area contributed by atoms with E-state index in [4.69, 9.17) is 19.2 Å². The van der Waals surface area contributed by atoms with Gasteiger partial charge in [-0.1, -0.05) is 86.6 Å². The zero-order valence-corrected chi connectivity index (χ0v) is 25.4. The van der Waals surface area contributed by atoms with Crippen molar-refractivity contribution in [1.29, 1.82) is 0 Å². The summed E-state index contributed by atoms with van der Waals surface area (Å²) in [7, 11) is 0. The summed E-state index contributed by atoms with van der Waals surface area (Å²) in [5.74, 6) is 1.39. The number of aliphatic hydroxyl groups is 3. The highest BCUT2D eigenvalue weighted by Gasteiger charge is 2.47. The van der Waals surface area contributed by atoms with Gasteiger partial charge in [0.15, 0.2) is 35.1 Å². The summed E-state index contributed by atoms with van der Waals surface area (Å²) in [4.78, 5) is 18.4. The molecule has 1 unspecified atom stereocenters. The monoisotopic (exact) mass is 614 g/mol. The van der Waals surface area contributed by atoms with Crippen molar-refractivity contribution >= 4 is 22.9 Å². The van der Waals surface area contributed by atoms with Gasteiger partial charge >= 0.3 is 0 Å². The molecule has 1 saturated heterocycles. The van der Waals surface area contributed by atoms with E-state index in [1.807, 2.05) is 57.2 Å². The number of hydrogen-bond acceptors (Lipinski definition) is 12. The van der Waals surface area contributed by atoms with Crippen LogP contribution in [0.1, 0.15) is 61.9 Å². The summed E-state index contributed by atoms with van der Waals surface area (Å²) in [6, 6.07) is 20.1. The number of benzene rings is 2. The summed E-state index contributed by atoms with van der Waals surface area (Å²) >= 11 is 0. The summed E-state index contributed by atoms with van der Waals surface area (Å²) < 4.78 is 13.0. The molecule has 13 nitrogen and oxygen atoms in total. The lowest BCUT2D eigenvalue weighted by Crippen LogP contribution is -2.31. The molecule has 45 heavy (non-hydrogen) atoms. The van der Waals surface area contributed by atoms with Crippen molar-refractivity contribution in [2.24, 2.45) is 5.92 Å². The van der Waals surface area contributed by atoms with Gasteiger partial charge in [-0.05, 0) is 17.0 Å². The number of nitrogens with zero attached hydrogens (tertiary/aromatic N) is 6. The highest BCUT2D eigenvalue weighted by Crippen LogP contribution is 2.40. The minimum Gasteiger partial charge on any atom is -0.394 e. The summed E-state index contributed by atoms with van der Waals surface area (Å²) in [6.07, 6.45) is -2.71. The molecule has 3 aromatic heterocycles. The van der Waals surface area contributed by atoms with E-state index in [2.05, 4.69) is 50.0 Å². The van der Waals surface area contributed by atoms with Crippen molar-refractivity contribution in [3.8, 4) is 0 Å². The average Bonchev–Trinajstić information content (AvgIpc) is 3.78. The highest BCUT2D eigenvalue weighted by atomic mass is 16.6. The van der Waals surface area contributed by atoms with Crippen LogP contribution in [0.4, 0.5) is 11.8 Å². The van der Waals surface area contributed by atoms with Gasteiger partial charge in [-0.25, -0.2) is 4.98 Å². The zero-order chi connectivity index (χ0) is 31.5. The number of imidazole rings is 1. The van der Waals surface area contributed by atoms with E-state index in [1.54, 1.807) is 4.57 Å². The summed E-state index contributed by atoms with van der Waals surface area (Å²) in [5, 5.41) is 42.6. The van der Waals surface area contributed by atoms with Crippen LogP contribution in [0.15, 0.2) is 71.5 Å². The van der Waals surface area contributed by atoms with Crippen molar-refractivity contribution in [3.05, 3.63) is 89.8 Å². The van der Waals surface area contributed by atoms with Gasteiger partial charge in [-0.3, -0.25) is 4.57 Å². The molecule has 1 aliphatic heterocycles. The largest absolute Gasteiger partial charge is 0.394 e. The van der Waals surface area contributed by atoms with Gasteiger partial charge in [0.2, 0.25) is 5.95 Å². The minimum absolute atomic E-state index is 0.00933. The van der Waals surface area contributed by atoms with E-state index in [-0.39, 0.29) is 36.3 Å². The van der Waals surface area contributed by atoms with Crippen molar-refractivity contribution in [3.63, 3.8) is 0 Å². The van der Waals surface area contributed by atoms with E-state index >= 15 is 0 Å². The molecule has 6 rings (SSSR count). The SMILES string of the molecule is CCc1noc([C@H]2O[C@@H](n3cnc4c(NCC(c5ccccc5)c5ccccc5)nc(NC(CO)C(C)C)nc43)[C@H](O)[C@@H]2O)n1. The number of hydrogen-bond donors (Lipinski definition) is 5. The van der Waals surface area contributed by atoms with Crippen molar-refractivity contribution < 1.29 is 24.6 Å². The maximum atomic E-state index is 11.1. The maximum absolute atomic E-state index is 11.1. The minimum atomic E-state index is -1.34. The van der Waals surface area contributed by atoms with E-state index in [9.17, 15) is 15.3 Å². The van der Waals surface area contributed by atoms with Gasteiger partial charge < -0.3 is 35.2 Å². The number of anilines is 2. The Morgan fingerprint density at radius 3 is 2.22 bits per heavy atom. The first-order valence-electron chi connectivity index (χ1n) is 15.2. The standard InChI is InChI=1S/C32H38N8O5/c1-4-23-36-30(45-39-23)27-25(42)26(43)31(44-27)40-17-34-24-28(37-32(38-29(24)40)35-22(16-41)18(2)3)33-15-21(19-11-7-5-8-12-19)20-13-9-6-10-14-20/h5-14,17-18,21-22,25-27,31,41-43H,4,15-16H2,1-3H3,(H2,33,35,37,38)/t22?,25-,26+,27-,31+/m0/s1. The molecule has 4 heterocycles. The summed E-state index contributed by atoms with van der Waals surface area (Å²) in [6.45, 7) is 6.25. The maximum Gasteiger partial charge on any atom is 0.258 e. The first kappa shape index (κ1) is 30.6. The van der Waals surface area contributed by atoms with E-state index in [0.29, 0.717) is 35.8 Å². The fourth-order valence-electron chi connectivity index (χ4n) is 5.50. The van der Waals surface area contributed by atoms with Crippen LogP contribution in [0.2, 0.25) is 0 Å². The second kappa shape index (κ2) is 13.3. The van der Waals surface area contributed by atoms with Crippen LogP contribution in [0.3, 0.4) is 0 Å². The first-order chi connectivity index (χ1) is 21.9. The molecule has 5 N–H and O–H groups in total. The van der Waals surface area contributed by atoms with Gasteiger partial charge in [-0.15, -0.1) is 0 Å². The van der Waals surface area contributed by atoms with Crippen LogP contribution >= 0.6 is 0 Å². The molecule has 13 heteroatoms. The average molecular weight is 615 g/mol. The molecule has 5 aromatic rings. The Kier molecular flexibility index (Phi) is 9.03. The Hall–Kier alpha value is -4.43. The highest BCUT2D eigenvalue weighted by molar-refractivity contribution is 5.84. The van der Waals surface area contributed by atoms with Gasteiger partial charge in [0.25, 0.3) is 5.89 Å². The predicted octanol–water partition coefficient (Wildman–Crippen LogP) is 3.44. The van der Waals surface area contributed by atoms with E-state index in [0.717, 1.165) is 11.1 Å².